The van der Waals surface area contributed by atoms with Crippen LogP contribution in [0.15, 0.2) is 0 Å². The highest BCUT2D eigenvalue weighted by molar-refractivity contribution is 8.14. The molecule has 0 fully saturated rings. The Morgan fingerprint density at radius 2 is 1.75 bits per heavy atom. The number of hydrogen-bond donors (Lipinski definition) is 2. The zero-order chi connectivity index (χ0) is 12.9. The molecule has 0 saturated carbocycles. The van der Waals surface area contributed by atoms with Crippen LogP contribution < -0.4 is 5.73 Å². The molecule has 0 aromatic carbocycles. The number of aliphatic hydroxyl groups is 1. The molecule has 8 nitrogen and oxygen atoms in total. The van der Waals surface area contributed by atoms with Gasteiger partial charge >= 0.3 is 11.9 Å². The fraction of sp³-hybridized carbons (Fsp3) is 0.429. The Morgan fingerprint density at radius 3 is 2.12 bits per heavy atom. The molecule has 0 aliphatic carbocycles. The van der Waals surface area contributed by atoms with Crippen molar-refractivity contribution in [1.82, 2.24) is 0 Å². The highest BCUT2D eigenvalue weighted by Crippen LogP contribution is 2.07. The van der Waals surface area contributed by atoms with Gasteiger partial charge in [0.2, 0.25) is 0 Å². The topological polar surface area (TPSA) is 133 Å². The standard InChI is InChI=1S/C7H9NO7S/c1-3(9)14-15-6(12)7(8,13)4(10)5(11)16-2/h13H,8H2,1-2H3. The number of ketones is 1. The van der Waals surface area contributed by atoms with Gasteiger partial charge in [-0.05, 0) is 6.26 Å². The van der Waals surface area contributed by atoms with Gasteiger partial charge in [-0.2, -0.15) is 0 Å². The van der Waals surface area contributed by atoms with Gasteiger partial charge in [-0.1, -0.05) is 11.8 Å². The van der Waals surface area contributed by atoms with Crippen molar-refractivity contribution >= 4 is 34.6 Å². The van der Waals surface area contributed by atoms with Crippen LogP contribution >= 0.6 is 11.8 Å². The van der Waals surface area contributed by atoms with E-state index in [0.29, 0.717) is 11.8 Å². The fourth-order valence-corrected chi connectivity index (χ4v) is 0.842. The van der Waals surface area contributed by atoms with E-state index in [1.165, 1.54) is 6.26 Å². The fourth-order valence-electron chi connectivity index (χ4n) is 0.501. The average Bonchev–Trinajstić information content (AvgIpc) is 2.23. The summed E-state index contributed by atoms with van der Waals surface area (Å²) in [6.45, 7) is 0.914. The smallest absolute Gasteiger partial charge is 0.360 e. The summed E-state index contributed by atoms with van der Waals surface area (Å²) < 4.78 is 0. The third kappa shape index (κ3) is 3.61. The highest BCUT2D eigenvalue weighted by atomic mass is 32.2. The van der Waals surface area contributed by atoms with Crippen molar-refractivity contribution in [2.75, 3.05) is 6.26 Å². The third-order valence-corrected chi connectivity index (χ3v) is 1.82. The van der Waals surface area contributed by atoms with E-state index in [1.807, 2.05) is 0 Å². The number of Topliss-reactive ketones (excluding diaryl/α,β-unsaturated/α-hetero) is 1. The van der Waals surface area contributed by atoms with E-state index < -0.39 is 28.6 Å². The highest BCUT2D eigenvalue weighted by Gasteiger charge is 2.46. The van der Waals surface area contributed by atoms with Crippen LogP contribution in [0.3, 0.4) is 0 Å². The molecule has 90 valence electrons. The first-order chi connectivity index (χ1) is 7.23. The minimum Gasteiger partial charge on any atom is -0.360 e. The maximum Gasteiger partial charge on any atom is 0.410 e. The maximum atomic E-state index is 11.1. The SMILES string of the molecule is CSC(=O)C(=O)C(N)(O)C(=O)OOC(C)=O. The lowest BCUT2D eigenvalue weighted by Crippen LogP contribution is -2.57. The van der Waals surface area contributed by atoms with Crippen molar-refractivity contribution < 1.29 is 34.1 Å². The van der Waals surface area contributed by atoms with E-state index in [0.717, 1.165) is 6.92 Å². The van der Waals surface area contributed by atoms with Crippen molar-refractivity contribution in [2.45, 2.75) is 12.6 Å². The Hall–Kier alpha value is -1.45. The molecule has 0 aliphatic heterocycles. The van der Waals surface area contributed by atoms with Gasteiger partial charge in [-0.3, -0.25) is 15.3 Å². The van der Waals surface area contributed by atoms with E-state index in [4.69, 9.17) is 5.73 Å². The average molecular weight is 251 g/mol. The van der Waals surface area contributed by atoms with Crippen LogP contribution in [0.1, 0.15) is 6.92 Å². The van der Waals surface area contributed by atoms with Gasteiger partial charge < -0.3 is 5.11 Å². The Balaban J connectivity index is 4.65. The molecular formula is C7H9NO7S. The van der Waals surface area contributed by atoms with E-state index in [9.17, 15) is 24.3 Å². The summed E-state index contributed by atoms with van der Waals surface area (Å²) in [7, 11) is 0. The number of carbonyl (C=O) groups is 4. The molecule has 0 radical (unpaired) electrons. The molecule has 0 aliphatic rings. The minimum absolute atomic E-state index is 0.458. The largest absolute Gasteiger partial charge is 0.410 e. The van der Waals surface area contributed by atoms with Crippen molar-refractivity contribution in [1.29, 1.82) is 0 Å². The quantitative estimate of drug-likeness (QED) is 0.194. The van der Waals surface area contributed by atoms with Gasteiger partial charge in [0.25, 0.3) is 16.6 Å². The number of rotatable bonds is 3. The summed E-state index contributed by atoms with van der Waals surface area (Å²) >= 11 is 0.458. The van der Waals surface area contributed by atoms with Gasteiger partial charge in [0.05, 0.1) is 0 Å². The first-order valence-electron chi connectivity index (χ1n) is 3.77. The van der Waals surface area contributed by atoms with Crippen LogP contribution in [0, 0.1) is 0 Å². The van der Waals surface area contributed by atoms with E-state index in [1.54, 1.807) is 0 Å². The summed E-state index contributed by atoms with van der Waals surface area (Å²) in [6, 6.07) is 0. The molecule has 0 saturated heterocycles. The molecule has 0 rings (SSSR count). The van der Waals surface area contributed by atoms with Gasteiger partial charge in [0.1, 0.15) is 0 Å². The Bertz CT molecular complexity index is 338. The second-order valence-corrected chi connectivity index (χ2v) is 3.31. The molecule has 16 heavy (non-hydrogen) atoms. The van der Waals surface area contributed by atoms with Crippen molar-refractivity contribution in [3.8, 4) is 0 Å². The zero-order valence-corrected chi connectivity index (χ0v) is 9.20. The second-order valence-electron chi connectivity index (χ2n) is 2.53. The van der Waals surface area contributed by atoms with Gasteiger partial charge in [0.15, 0.2) is 0 Å². The van der Waals surface area contributed by atoms with Crippen LogP contribution in [0.4, 0.5) is 0 Å². The minimum atomic E-state index is -3.17. The Kier molecular flexibility index (Phi) is 5.08. The molecular weight excluding hydrogens is 242 g/mol. The number of carbonyl (C=O) groups excluding carboxylic acids is 4. The lowest BCUT2D eigenvalue weighted by molar-refractivity contribution is -0.267. The number of nitrogens with two attached hydrogens (primary N) is 1. The molecule has 1 atom stereocenters. The molecule has 0 aromatic rings. The molecule has 0 spiro atoms. The lowest BCUT2D eigenvalue weighted by atomic mass is 10.1. The molecule has 0 aromatic heterocycles. The Morgan fingerprint density at radius 1 is 1.25 bits per heavy atom. The van der Waals surface area contributed by atoms with E-state index in [2.05, 4.69) is 9.78 Å². The Labute approximate surface area is 94.0 Å². The van der Waals surface area contributed by atoms with Crippen molar-refractivity contribution in [2.24, 2.45) is 5.73 Å². The van der Waals surface area contributed by atoms with E-state index >= 15 is 0 Å². The maximum absolute atomic E-state index is 11.1. The third-order valence-electron chi connectivity index (χ3n) is 1.26. The monoisotopic (exact) mass is 251 g/mol. The van der Waals surface area contributed by atoms with Gasteiger partial charge in [-0.15, -0.1) is 0 Å². The van der Waals surface area contributed by atoms with Crippen molar-refractivity contribution in [3.05, 3.63) is 0 Å². The van der Waals surface area contributed by atoms with Gasteiger partial charge in [0, 0.05) is 6.92 Å². The second kappa shape index (κ2) is 5.58. The molecule has 3 N–H and O–H groups in total. The first-order valence-corrected chi connectivity index (χ1v) is 4.99. The molecule has 1 unspecified atom stereocenters. The van der Waals surface area contributed by atoms with Crippen LogP contribution in [0.2, 0.25) is 0 Å². The first kappa shape index (κ1) is 14.6. The number of hydrogen-bond acceptors (Lipinski definition) is 9. The van der Waals surface area contributed by atoms with Crippen LogP contribution in [-0.4, -0.2) is 39.9 Å². The predicted molar refractivity (Wildman–Crippen MR) is 50.5 cm³/mol. The number of thioether (sulfide) groups is 1. The summed E-state index contributed by atoms with van der Waals surface area (Å²) in [5.74, 6) is -4.32. The summed E-state index contributed by atoms with van der Waals surface area (Å²) in [4.78, 5) is 50.7. The summed E-state index contributed by atoms with van der Waals surface area (Å²) in [5, 5.41) is 8.06. The zero-order valence-electron chi connectivity index (χ0n) is 8.38. The van der Waals surface area contributed by atoms with Crippen LogP contribution in [0.5, 0.6) is 0 Å². The lowest BCUT2D eigenvalue weighted by Gasteiger charge is -2.16. The van der Waals surface area contributed by atoms with Crippen LogP contribution in [0.25, 0.3) is 0 Å². The summed E-state index contributed by atoms with van der Waals surface area (Å²) in [5.41, 5.74) is 1.70. The molecule has 0 bridgehead atoms. The molecule has 0 amide bonds. The predicted octanol–water partition coefficient (Wildman–Crippen LogP) is -1.89. The van der Waals surface area contributed by atoms with Crippen molar-refractivity contribution in [3.63, 3.8) is 0 Å². The van der Waals surface area contributed by atoms with Gasteiger partial charge in [-0.25, -0.2) is 19.4 Å². The van der Waals surface area contributed by atoms with E-state index in [-0.39, 0.29) is 0 Å². The normalized spacial score (nSPS) is 13.5. The molecule has 0 heterocycles. The van der Waals surface area contributed by atoms with Crippen LogP contribution in [-0.2, 0) is 29.0 Å². The molecule has 9 heteroatoms. The summed E-state index contributed by atoms with van der Waals surface area (Å²) in [6.07, 6.45) is 1.26.